The van der Waals surface area contributed by atoms with E-state index in [4.69, 9.17) is 16.0 Å². The van der Waals surface area contributed by atoms with Gasteiger partial charge in [0.2, 0.25) is 17.7 Å². The molecule has 0 bridgehead atoms. The number of nitrogens with zero attached hydrogens (tertiary/aromatic N) is 3. The Hall–Kier alpha value is -3.90. The predicted molar refractivity (Wildman–Crippen MR) is 124 cm³/mol. The molecule has 1 N–H and O–H groups in total. The molecule has 0 spiro atoms. The summed E-state index contributed by atoms with van der Waals surface area (Å²) in [5.41, 5.74) is 3.43. The number of rotatable bonds is 6. The number of hydrogen-bond donors (Lipinski definition) is 1. The van der Waals surface area contributed by atoms with Gasteiger partial charge in [-0.3, -0.25) is 4.79 Å². The number of benzene rings is 3. The molecule has 0 aliphatic rings. The molecule has 5 aromatic rings. The van der Waals surface area contributed by atoms with Crippen molar-refractivity contribution in [2.45, 2.75) is 13.1 Å². The van der Waals surface area contributed by atoms with Crippen LogP contribution in [0.1, 0.15) is 5.56 Å². The fourth-order valence-corrected chi connectivity index (χ4v) is 3.83. The number of aromatic nitrogens is 3. The Balaban J connectivity index is 1.40. The lowest BCUT2D eigenvalue weighted by molar-refractivity contribution is -0.121. The molecular weight excluding hydrogens is 424 g/mol. The molecule has 0 aliphatic carbocycles. The summed E-state index contributed by atoms with van der Waals surface area (Å²) >= 11 is 6.18. The van der Waals surface area contributed by atoms with Gasteiger partial charge in [-0.05, 0) is 29.8 Å². The maximum absolute atomic E-state index is 12.6. The summed E-state index contributed by atoms with van der Waals surface area (Å²) in [5, 5.41) is 12.9. The molecule has 0 unspecified atom stereocenters. The smallest absolute Gasteiger partial charge is 0.250 e. The predicted octanol–water partition coefficient (Wildman–Crippen LogP) is 5.33. The van der Waals surface area contributed by atoms with Gasteiger partial charge >= 0.3 is 0 Å². The number of nitrogens with one attached hydrogen (secondary N) is 1. The third-order valence-corrected chi connectivity index (χ3v) is 5.58. The highest BCUT2D eigenvalue weighted by Gasteiger charge is 2.17. The minimum atomic E-state index is -0.118. The molecule has 3 aromatic carbocycles. The zero-order valence-corrected chi connectivity index (χ0v) is 17.8. The third-order valence-electron chi connectivity index (χ3n) is 5.21. The standard InChI is InChI=1S/C25H19ClN4O2/c26-21-12-6-4-10-18(21)14-27-23(31)16-30-15-20(19-11-5-7-13-22(19)30)25-29-28-24(32-25)17-8-2-1-3-9-17/h1-13,15H,14,16H2,(H,27,31). The molecule has 0 saturated heterocycles. The lowest BCUT2D eigenvalue weighted by atomic mass is 10.2. The molecular formula is C25H19ClN4O2. The van der Waals surface area contributed by atoms with Crippen molar-refractivity contribution in [2.24, 2.45) is 0 Å². The fourth-order valence-electron chi connectivity index (χ4n) is 3.62. The zero-order chi connectivity index (χ0) is 21.9. The number of fused-ring (bicyclic) bond motifs is 1. The summed E-state index contributed by atoms with van der Waals surface area (Å²) < 4.78 is 7.84. The van der Waals surface area contributed by atoms with Gasteiger partial charge in [-0.25, -0.2) is 0 Å². The van der Waals surface area contributed by atoms with E-state index in [1.165, 1.54) is 0 Å². The van der Waals surface area contributed by atoms with Crippen LogP contribution in [0, 0.1) is 0 Å². The Kier molecular flexibility index (Phi) is 5.44. The normalized spacial score (nSPS) is 11.0. The van der Waals surface area contributed by atoms with Crippen LogP contribution < -0.4 is 5.32 Å². The maximum Gasteiger partial charge on any atom is 0.250 e. The molecule has 0 fully saturated rings. The van der Waals surface area contributed by atoms with Crippen molar-refractivity contribution in [2.75, 3.05) is 0 Å². The molecule has 0 radical (unpaired) electrons. The van der Waals surface area contributed by atoms with Gasteiger partial charge in [-0.1, -0.05) is 66.2 Å². The van der Waals surface area contributed by atoms with E-state index in [1.807, 2.05) is 89.6 Å². The zero-order valence-electron chi connectivity index (χ0n) is 17.0. The van der Waals surface area contributed by atoms with Crippen LogP contribution in [0.4, 0.5) is 0 Å². The van der Waals surface area contributed by atoms with Gasteiger partial charge in [0.25, 0.3) is 0 Å². The van der Waals surface area contributed by atoms with Gasteiger partial charge in [0.1, 0.15) is 6.54 Å². The number of halogens is 1. The molecule has 0 saturated carbocycles. The Labute approximate surface area is 189 Å². The van der Waals surface area contributed by atoms with E-state index in [2.05, 4.69) is 15.5 Å². The van der Waals surface area contributed by atoms with E-state index >= 15 is 0 Å². The highest BCUT2D eigenvalue weighted by molar-refractivity contribution is 6.31. The Morgan fingerprint density at radius 2 is 1.62 bits per heavy atom. The first-order valence-electron chi connectivity index (χ1n) is 10.2. The van der Waals surface area contributed by atoms with Gasteiger partial charge < -0.3 is 14.3 Å². The van der Waals surface area contributed by atoms with Crippen molar-refractivity contribution in [1.29, 1.82) is 0 Å². The molecule has 2 aromatic heterocycles. The molecule has 158 valence electrons. The highest BCUT2D eigenvalue weighted by atomic mass is 35.5. The molecule has 0 aliphatic heterocycles. The van der Waals surface area contributed by atoms with Gasteiger partial charge in [-0.15, -0.1) is 10.2 Å². The Morgan fingerprint density at radius 3 is 2.47 bits per heavy atom. The lowest BCUT2D eigenvalue weighted by Crippen LogP contribution is -2.26. The second kappa shape index (κ2) is 8.69. The second-order valence-electron chi connectivity index (χ2n) is 7.33. The van der Waals surface area contributed by atoms with Crippen molar-refractivity contribution < 1.29 is 9.21 Å². The van der Waals surface area contributed by atoms with Crippen LogP contribution in [0.3, 0.4) is 0 Å². The summed E-state index contributed by atoms with van der Waals surface area (Å²) in [6.07, 6.45) is 1.88. The summed E-state index contributed by atoms with van der Waals surface area (Å²) in [4.78, 5) is 12.6. The van der Waals surface area contributed by atoms with Crippen LogP contribution in [-0.4, -0.2) is 20.7 Å². The van der Waals surface area contributed by atoms with Gasteiger partial charge in [-0.2, -0.15) is 0 Å². The van der Waals surface area contributed by atoms with Crippen molar-refractivity contribution in [3.8, 4) is 22.9 Å². The minimum absolute atomic E-state index is 0.118. The maximum atomic E-state index is 12.6. The van der Waals surface area contributed by atoms with Gasteiger partial charge in [0.15, 0.2) is 0 Å². The van der Waals surface area contributed by atoms with E-state index in [9.17, 15) is 4.79 Å². The van der Waals surface area contributed by atoms with Crippen LogP contribution in [0.5, 0.6) is 0 Å². The second-order valence-corrected chi connectivity index (χ2v) is 7.74. The number of amides is 1. The largest absolute Gasteiger partial charge is 0.416 e. The lowest BCUT2D eigenvalue weighted by Gasteiger charge is -2.08. The topological polar surface area (TPSA) is 73.0 Å². The molecule has 6 nitrogen and oxygen atoms in total. The number of carbonyl (C=O) groups excluding carboxylic acids is 1. The van der Waals surface area contributed by atoms with E-state index in [1.54, 1.807) is 0 Å². The van der Waals surface area contributed by atoms with E-state index in [0.717, 1.165) is 27.6 Å². The van der Waals surface area contributed by atoms with Crippen LogP contribution >= 0.6 is 11.6 Å². The van der Waals surface area contributed by atoms with E-state index in [-0.39, 0.29) is 12.5 Å². The Bertz CT molecular complexity index is 1390. The van der Waals surface area contributed by atoms with E-state index < -0.39 is 0 Å². The summed E-state index contributed by atoms with van der Waals surface area (Å²) in [6.45, 7) is 0.527. The van der Waals surface area contributed by atoms with Crippen molar-refractivity contribution in [3.63, 3.8) is 0 Å². The molecule has 32 heavy (non-hydrogen) atoms. The monoisotopic (exact) mass is 442 g/mol. The van der Waals surface area contributed by atoms with Crippen molar-refractivity contribution in [3.05, 3.63) is 95.6 Å². The van der Waals surface area contributed by atoms with Gasteiger partial charge in [0, 0.05) is 34.2 Å². The number of hydrogen-bond acceptors (Lipinski definition) is 4. The summed E-state index contributed by atoms with van der Waals surface area (Å²) in [7, 11) is 0. The average Bonchev–Trinajstić information content (AvgIpc) is 3.45. The summed E-state index contributed by atoms with van der Waals surface area (Å²) in [6, 6.07) is 24.9. The molecule has 5 rings (SSSR count). The number of carbonyl (C=O) groups is 1. The van der Waals surface area contributed by atoms with Crippen LogP contribution in [0.25, 0.3) is 33.8 Å². The molecule has 0 atom stereocenters. The number of para-hydroxylation sites is 1. The third kappa shape index (κ3) is 4.00. The highest BCUT2D eigenvalue weighted by Crippen LogP contribution is 2.31. The SMILES string of the molecule is O=C(Cn1cc(-c2nnc(-c3ccccc3)o2)c2ccccc21)NCc1ccccc1Cl. The first-order valence-corrected chi connectivity index (χ1v) is 10.5. The van der Waals surface area contributed by atoms with Crippen LogP contribution in [0.2, 0.25) is 5.02 Å². The average molecular weight is 443 g/mol. The molecule has 7 heteroatoms. The molecule has 1 amide bonds. The first kappa shape index (κ1) is 20.0. The van der Waals surface area contributed by atoms with Gasteiger partial charge in [0.05, 0.1) is 5.56 Å². The minimum Gasteiger partial charge on any atom is -0.416 e. The summed E-state index contributed by atoms with van der Waals surface area (Å²) in [5.74, 6) is 0.748. The van der Waals surface area contributed by atoms with Crippen molar-refractivity contribution >= 4 is 28.4 Å². The van der Waals surface area contributed by atoms with Crippen LogP contribution in [-0.2, 0) is 17.9 Å². The molecule has 2 heterocycles. The van der Waals surface area contributed by atoms with Crippen LogP contribution in [0.15, 0.2) is 89.5 Å². The van der Waals surface area contributed by atoms with Crippen molar-refractivity contribution in [1.82, 2.24) is 20.1 Å². The van der Waals surface area contributed by atoms with E-state index in [0.29, 0.717) is 23.3 Å². The first-order chi connectivity index (χ1) is 15.7. The Morgan fingerprint density at radius 1 is 0.906 bits per heavy atom. The quantitative estimate of drug-likeness (QED) is 0.386. The fraction of sp³-hybridized carbons (Fsp3) is 0.0800.